The van der Waals surface area contributed by atoms with E-state index in [-0.39, 0.29) is 5.28 Å². The third-order valence-electron chi connectivity index (χ3n) is 2.44. The number of nitrogens with zero attached hydrogens (tertiary/aromatic N) is 4. The molecule has 17 heavy (non-hydrogen) atoms. The summed E-state index contributed by atoms with van der Waals surface area (Å²) in [5, 5.41) is 3.26. The molecule has 94 valence electrons. The van der Waals surface area contributed by atoms with E-state index in [2.05, 4.69) is 25.2 Å². The van der Waals surface area contributed by atoms with E-state index in [0.29, 0.717) is 18.5 Å². The predicted octanol–water partition coefficient (Wildman–Crippen LogP) is 1.18. The minimum atomic E-state index is 0.219. The lowest BCUT2D eigenvalue weighted by atomic mass is 10.4. The molecule has 1 N–H and O–H groups in total. The maximum atomic E-state index is 5.89. The van der Waals surface area contributed by atoms with Crippen molar-refractivity contribution in [1.82, 2.24) is 15.0 Å². The molecule has 2 rings (SSSR count). The number of halogens is 1. The molecular weight excluding hydrogens is 242 g/mol. The van der Waals surface area contributed by atoms with E-state index in [0.717, 1.165) is 32.7 Å². The van der Waals surface area contributed by atoms with Gasteiger partial charge in [-0.1, -0.05) is 0 Å². The third-order valence-corrected chi connectivity index (χ3v) is 2.61. The molecule has 0 aliphatic carbocycles. The Labute approximate surface area is 105 Å². The molecule has 1 aromatic rings. The molecule has 1 fully saturated rings. The van der Waals surface area contributed by atoms with Gasteiger partial charge in [0.2, 0.25) is 17.2 Å². The summed E-state index contributed by atoms with van der Waals surface area (Å²) in [4.78, 5) is 14.6. The second kappa shape index (κ2) is 5.97. The minimum Gasteiger partial charge on any atom is -0.380 e. The highest BCUT2D eigenvalue weighted by Gasteiger charge is 2.14. The minimum absolute atomic E-state index is 0.219. The molecule has 0 radical (unpaired) electrons. The van der Waals surface area contributed by atoms with E-state index in [9.17, 15) is 0 Å². The number of hydrogen-bond acceptors (Lipinski definition) is 6. The van der Waals surface area contributed by atoms with Crippen LogP contribution in [0.2, 0.25) is 5.28 Å². The van der Waals surface area contributed by atoms with Gasteiger partial charge in [0.05, 0.1) is 6.61 Å². The molecule has 0 atom stereocenters. The number of aromatic nitrogens is 3. The number of rotatable bonds is 3. The van der Waals surface area contributed by atoms with Crippen LogP contribution in [0.1, 0.15) is 13.3 Å². The zero-order valence-electron chi connectivity index (χ0n) is 9.82. The predicted molar refractivity (Wildman–Crippen MR) is 66.6 cm³/mol. The van der Waals surface area contributed by atoms with Crippen LogP contribution in [0.3, 0.4) is 0 Å². The van der Waals surface area contributed by atoms with Crippen LogP contribution >= 0.6 is 11.6 Å². The van der Waals surface area contributed by atoms with Gasteiger partial charge in [-0.15, -0.1) is 0 Å². The van der Waals surface area contributed by atoms with E-state index < -0.39 is 0 Å². The quantitative estimate of drug-likeness (QED) is 0.878. The topological polar surface area (TPSA) is 63.2 Å². The van der Waals surface area contributed by atoms with Crippen molar-refractivity contribution in [2.24, 2.45) is 0 Å². The summed E-state index contributed by atoms with van der Waals surface area (Å²) < 4.78 is 5.39. The van der Waals surface area contributed by atoms with Gasteiger partial charge in [-0.3, -0.25) is 0 Å². The van der Waals surface area contributed by atoms with Gasteiger partial charge in [0, 0.05) is 26.2 Å². The van der Waals surface area contributed by atoms with Gasteiger partial charge in [-0.2, -0.15) is 15.0 Å². The van der Waals surface area contributed by atoms with Crippen molar-refractivity contribution >= 4 is 23.5 Å². The Morgan fingerprint density at radius 3 is 3.00 bits per heavy atom. The summed E-state index contributed by atoms with van der Waals surface area (Å²) in [6.07, 6.45) is 0.972. The zero-order valence-corrected chi connectivity index (χ0v) is 10.6. The zero-order chi connectivity index (χ0) is 12.1. The van der Waals surface area contributed by atoms with Crippen molar-refractivity contribution in [2.45, 2.75) is 13.3 Å². The number of ether oxygens (including phenoxy) is 1. The summed E-state index contributed by atoms with van der Waals surface area (Å²) in [6, 6.07) is 0. The van der Waals surface area contributed by atoms with Gasteiger partial charge in [0.1, 0.15) is 0 Å². The average molecular weight is 258 g/mol. The lowest BCUT2D eigenvalue weighted by Crippen LogP contribution is -2.28. The van der Waals surface area contributed by atoms with E-state index in [1.165, 1.54) is 0 Å². The maximum absolute atomic E-state index is 5.89. The normalized spacial score (nSPS) is 16.7. The number of anilines is 2. The molecule has 0 bridgehead atoms. The van der Waals surface area contributed by atoms with Crippen LogP contribution in [-0.2, 0) is 4.74 Å². The van der Waals surface area contributed by atoms with Gasteiger partial charge in [0.15, 0.2) is 0 Å². The van der Waals surface area contributed by atoms with Crippen molar-refractivity contribution in [2.75, 3.05) is 43.1 Å². The molecule has 1 aromatic heterocycles. The van der Waals surface area contributed by atoms with Gasteiger partial charge in [0.25, 0.3) is 0 Å². The van der Waals surface area contributed by atoms with Crippen LogP contribution in [-0.4, -0.2) is 47.8 Å². The fraction of sp³-hybridized carbons (Fsp3) is 0.700. The summed E-state index contributed by atoms with van der Waals surface area (Å²) >= 11 is 5.89. The Kier molecular flexibility index (Phi) is 4.33. The Morgan fingerprint density at radius 1 is 1.29 bits per heavy atom. The van der Waals surface area contributed by atoms with Crippen LogP contribution < -0.4 is 10.2 Å². The molecule has 1 aliphatic rings. The van der Waals surface area contributed by atoms with Crippen LogP contribution in [0.15, 0.2) is 0 Å². The van der Waals surface area contributed by atoms with Crippen LogP contribution in [0, 0.1) is 0 Å². The number of nitrogens with one attached hydrogen (secondary N) is 1. The number of hydrogen-bond donors (Lipinski definition) is 1. The first-order chi connectivity index (χ1) is 8.29. The fourth-order valence-corrected chi connectivity index (χ4v) is 1.82. The molecular formula is C10H16ClN5O. The van der Waals surface area contributed by atoms with E-state index in [4.69, 9.17) is 16.3 Å². The van der Waals surface area contributed by atoms with Crippen molar-refractivity contribution in [3.63, 3.8) is 0 Å². The first kappa shape index (κ1) is 12.3. The lowest BCUT2D eigenvalue weighted by molar-refractivity contribution is 0.152. The monoisotopic (exact) mass is 257 g/mol. The van der Waals surface area contributed by atoms with Crippen LogP contribution in [0.25, 0.3) is 0 Å². The highest BCUT2D eigenvalue weighted by Crippen LogP contribution is 2.15. The van der Waals surface area contributed by atoms with Gasteiger partial charge < -0.3 is 15.0 Å². The van der Waals surface area contributed by atoms with E-state index in [1.807, 2.05) is 6.92 Å². The Balaban J connectivity index is 2.17. The Morgan fingerprint density at radius 2 is 2.18 bits per heavy atom. The molecule has 2 heterocycles. The second-order valence-corrected chi connectivity index (χ2v) is 4.05. The summed E-state index contributed by atoms with van der Waals surface area (Å²) in [7, 11) is 0. The largest absolute Gasteiger partial charge is 0.380 e. The fourth-order valence-electron chi connectivity index (χ4n) is 1.66. The smallest absolute Gasteiger partial charge is 0.231 e. The highest BCUT2D eigenvalue weighted by molar-refractivity contribution is 6.28. The van der Waals surface area contributed by atoms with E-state index in [1.54, 1.807) is 0 Å². The average Bonchev–Trinajstić information content (AvgIpc) is 2.57. The molecule has 0 spiro atoms. The van der Waals surface area contributed by atoms with E-state index >= 15 is 0 Å². The molecule has 1 saturated heterocycles. The molecule has 6 nitrogen and oxygen atoms in total. The summed E-state index contributed by atoms with van der Waals surface area (Å²) in [5.41, 5.74) is 0. The first-order valence-corrected chi connectivity index (χ1v) is 6.15. The van der Waals surface area contributed by atoms with Crippen molar-refractivity contribution < 1.29 is 4.74 Å². The van der Waals surface area contributed by atoms with Crippen molar-refractivity contribution in [3.8, 4) is 0 Å². The van der Waals surface area contributed by atoms with Gasteiger partial charge in [-0.05, 0) is 24.9 Å². The van der Waals surface area contributed by atoms with Crippen LogP contribution in [0.4, 0.5) is 11.9 Å². The molecule has 0 unspecified atom stereocenters. The summed E-state index contributed by atoms with van der Waals surface area (Å²) in [6.45, 7) is 5.88. The van der Waals surface area contributed by atoms with Crippen LogP contribution in [0.5, 0.6) is 0 Å². The Bertz CT molecular complexity index is 368. The third kappa shape index (κ3) is 3.41. The summed E-state index contributed by atoms with van der Waals surface area (Å²) in [5.74, 6) is 1.14. The molecule has 1 aliphatic heterocycles. The molecule has 7 heteroatoms. The SMILES string of the molecule is CCNc1nc(Cl)nc(N2CCCOCC2)n1. The lowest BCUT2D eigenvalue weighted by Gasteiger charge is -2.19. The molecule has 0 saturated carbocycles. The van der Waals surface area contributed by atoms with Crippen molar-refractivity contribution in [1.29, 1.82) is 0 Å². The van der Waals surface area contributed by atoms with Gasteiger partial charge >= 0.3 is 0 Å². The van der Waals surface area contributed by atoms with Crippen molar-refractivity contribution in [3.05, 3.63) is 5.28 Å². The molecule has 0 amide bonds. The second-order valence-electron chi connectivity index (χ2n) is 3.71. The first-order valence-electron chi connectivity index (χ1n) is 5.77. The van der Waals surface area contributed by atoms with Gasteiger partial charge in [-0.25, -0.2) is 0 Å². The Hall–Kier alpha value is -1.14. The molecule has 0 aromatic carbocycles. The standard InChI is InChI=1S/C10H16ClN5O/c1-2-12-9-13-8(11)14-10(15-9)16-4-3-6-17-7-5-16/h2-7H2,1H3,(H,12,13,14,15). The highest BCUT2D eigenvalue weighted by atomic mass is 35.5. The maximum Gasteiger partial charge on any atom is 0.231 e.